The van der Waals surface area contributed by atoms with Crippen LogP contribution < -0.4 is 0 Å². The molecule has 0 unspecified atom stereocenters. The highest BCUT2D eigenvalue weighted by molar-refractivity contribution is 5.79. The molecule has 1 aliphatic heterocycles. The normalized spacial score (nSPS) is 17.2. The number of carbonyl (C=O) groups is 1. The number of hydrogen-bond donors (Lipinski definition) is 1. The van der Waals surface area contributed by atoms with Gasteiger partial charge >= 0.3 is 0 Å². The van der Waals surface area contributed by atoms with Crippen molar-refractivity contribution in [3.8, 4) is 0 Å². The molecule has 4 rings (SSSR count). The van der Waals surface area contributed by atoms with Crippen molar-refractivity contribution in [3.63, 3.8) is 0 Å². The zero-order valence-corrected chi connectivity index (χ0v) is 13.9. The van der Waals surface area contributed by atoms with Gasteiger partial charge in [-0.1, -0.05) is 60.7 Å². The van der Waals surface area contributed by atoms with E-state index in [1.807, 2.05) is 41.3 Å². The molecule has 1 N–H and O–H groups in total. The fourth-order valence-electron chi connectivity index (χ4n) is 3.32. The van der Waals surface area contributed by atoms with Gasteiger partial charge in [-0.3, -0.25) is 9.89 Å². The van der Waals surface area contributed by atoms with Crippen LogP contribution in [0.3, 0.4) is 0 Å². The van der Waals surface area contributed by atoms with Crippen molar-refractivity contribution in [2.24, 2.45) is 0 Å². The van der Waals surface area contributed by atoms with E-state index in [1.54, 1.807) is 0 Å². The molecule has 3 aromatic rings. The summed E-state index contributed by atoms with van der Waals surface area (Å²) in [4.78, 5) is 18.7. The number of likely N-dealkylation sites (tertiary alicyclic amines) is 1. The summed E-state index contributed by atoms with van der Waals surface area (Å²) in [5.74, 6) is 1.94. The largest absolute Gasteiger partial charge is 0.335 e. The van der Waals surface area contributed by atoms with Gasteiger partial charge in [-0.05, 0) is 11.1 Å². The van der Waals surface area contributed by atoms with Crippen LogP contribution in [-0.2, 0) is 17.8 Å². The summed E-state index contributed by atoms with van der Waals surface area (Å²) in [6.45, 7) is 1.22. The predicted molar refractivity (Wildman–Crippen MR) is 94.8 cm³/mol. The Morgan fingerprint density at radius 3 is 2.52 bits per heavy atom. The highest BCUT2D eigenvalue weighted by Crippen LogP contribution is 2.28. The average molecular weight is 332 g/mol. The van der Waals surface area contributed by atoms with E-state index in [-0.39, 0.29) is 11.8 Å². The minimum Gasteiger partial charge on any atom is -0.335 e. The van der Waals surface area contributed by atoms with E-state index in [0.717, 1.165) is 18.2 Å². The second kappa shape index (κ2) is 6.89. The molecule has 5 heteroatoms. The molecule has 126 valence electrons. The van der Waals surface area contributed by atoms with Gasteiger partial charge in [0.05, 0.1) is 6.54 Å². The summed E-state index contributed by atoms with van der Waals surface area (Å²) < 4.78 is 0. The molecule has 2 heterocycles. The zero-order chi connectivity index (χ0) is 17.1. The highest BCUT2D eigenvalue weighted by atomic mass is 16.2. The molecular formula is C20H20N4O. The van der Waals surface area contributed by atoms with Crippen molar-refractivity contribution in [2.45, 2.75) is 25.3 Å². The van der Waals surface area contributed by atoms with Crippen molar-refractivity contribution in [3.05, 3.63) is 83.4 Å². The van der Waals surface area contributed by atoms with Crippen molar-refractivity contribution in [1.82, 2.24) is 20.1 Å². The van der Waals surface area contributed by atoms with Crippen LogP contribution >= 0.6 is 0 Å². The summed E-state index contributed by atoms with van der Waals surface area (Å²) in [6, 6.07) is 20.4. The number of rotatable bonds is 5. The second-order valence-electron chi connectivity index (χ2n) is 6.45. The zero-order valence-electron chi connectivity index (χ0n) is 13.9. The number of nitrogens with zero attached hydrogens (tertiary/aromatic N) is 3. The maximum Gasteiger partial charge on any atom is 0.223 e. The summed E-state index contributed by atoms with van der Waals surface area (Å²) in [5, 5.41) is 7.25. The molecule has 0 spiro atoms. The van der Waals surface area contributed by atoms with E-state index < -0.39 is 0 Å². The molecular weight excluding hydrogens is 312 g/mol. The van der Waals surface area contributed by atoms with Gasteiger partial charge in [-0.15, -0.1) is 0 Å². The number of nitrogens with one attached hydrogen (secondary N) is 1. The molecule has 1 fully saturated rings. The molecule has 2 aromatic carbocycles. The fourth-order valence-corrected chi connectivity index (χ4v) is 3.32. The highest BCUT2D eigenvalue weighted by Gasteiger charge is 2.31. The number of aromatic nitrogens is 3. The van der Waals surface area contributed by atoms with E-state index in [9.17, 15) is 4.79 Å². The third-order valence-electron chi connectivity index (χ3n) is 4.61. The number of hydrogen-bond acceptors (Lipinski definition) is 3. The molecule has 25 heavy (non-hydrogen) atoms. The Balaban J connectivity index is 1.40. The first kappa shape index (κ1) is 15.6. The van der Waals surface area contributed by atoms with Crippen LogP contribution in [0.4, 0.5) is 0 Å². The Kier molecular flexibility index (Phi) is 4.29. The Morgan fingerprint density at radius 2 is 1.76 bits per heavy atom. The molecule has 0 aliphatic carbocycles. The number of carbonyl (C=O) groups excluding carboxylic acids is 1. The molecule has 1 saturated heterocycles. The monoisotopic (exact) mass is 332 g/mol. The molecule has 0 radical (unpaired) electrons. The molecule has 1 amide bonds. The van der Waals surface area contributed by atoms with Crippen molar-refractivity contribution in [2.75, 3.05) is 6.54 Å². The Morgan fingerprint density at radius 1 is 1.04 bits per heavy atom. The minimum absolute atomic E-state index is 0.176. The topological polar surface area (TPSA) is 61.9 Å². The molecule has 1 aromatic heterocycles. The van der Waals surface area contributed by atoms with Gasteiger partial charge in [0.2, 0.25) is 5.91 Å². The minimum atomic E-state index is 0.176. The number of amides is 1. The lowest BCUT2D eigenvalue weighted by molar-refractivity contribution is -0.128. The van der Waals surface area contributed by atoms with Gasteiger partial charge in [-0.2, -0.15) is 5.10 Å². The maximum atomic E-state index is 12.3. The summed E-state index contributed by atoms with van der Waals surface area (Å²) >= 11 is 0. The number of H-pyrrole nitrogens is 1. The van der Waals surface area contributed by atoms with Gasteiger partial charge < -0.3 is 4.90 Å². The lowest BCUT2D eigenvalue weighted by Gasteiger charge is -2.15. The lowest BCUT2D eigenvalue weighted by Crippen LogP contribution is -2.25. The molecule has 0 saturated carbocycles. The summed E-state index contributed by atoms with van der Waals surface area (Å²) in [5.41, 5.74) is 2.40. The fraction of sp³-hybridized carbons (Fsp3) is 0.250. The van der Waals surface area contributed by atoms with E-state index in [2.05, 4.69) is 39.4 Å². The van der Waals surface area contributed by atoms with Crippen LogP contribution in [0.5, 0.6) is 0 Å². The van der Waals surface area contributed by atoms with Gasteiger partial charge in [0.1, 0.15) is 5.82 Å². The first-order chi connectivity index (χ1) is 12.3. The van der Waals surface area contributed by atoms with Crippen LogP contribution in [0, 0.1) is 0 Å². The van der Waals surface area contributed by atoms with Crippen molar-refractivity contribution < 1.29 is 4.79 Å². The second-order valence-corrected chi connectivity index (χ2v) is 6.45. The van der Waals surface area contributed by atoms with Crippen LogP contribution in [0.2, 0.25) is 0 Å². The van der Waals surface area contributed by atoms with Gasteiger partial charge in [0.25, 0.3) is 0 Å². The third kappa shape index (κ3) is 3.60. The lowest BCUT2D eigenvalue weighted by atomic mass is 9.99. The van der Waals surface area contributed by atoms with Crippen LogP contribution in [0.15, 0.2) is 60.7 Å². The first-order valence-corrected chi connectivity index (χ1v) is 8.55. The predicted octanol–water partition coefficient (Wildman–Crippen LogP) is 2.91. The van der Waals surface area contributed by atoms with Gasteiger partial charge in [0.15, 0.2) is 5.82 Å². The number of aromatic amines is 1. The average Bonchev–Trinajstić information content (AvgIpc) is 3.24. The van der Waals surface area contributed by atoms with Crippen molar-refractivity contribution in [1.29, 1.82) is 0 Å². The van der Waals surface area contributed by atoms with Crippen LogP contribution in [0.25, 0.3) is 0 Å². The maximum absolute atomic E-state index is 12.3. The quantitative estimate of drug-likeness (QED) is 0.781. The number of benzene rings is 2. The smallest absolute Gasteiger partial charge is 0.223 e. The Bertz CT molecular complexity index is 844. The Hall–Kier alpha value is -2.95. The molecule has 1 aliphatic rings. The third-order valence-corrected chi connectivity index (χ3v) is 4.61. The summed E-state index contributed by atoms with van der Waals surface area (Å²) in [6.07, 6.45) is 1.26. The Labute approximate surface area is 146 Å². The van der Waals surface area contributed by atoms with Gasteiger partial charge in [-0.25, -0.2) is 4.98 Å². The van der Waals surface area contributed by atoms with Crippen LogP contribution in [0.1, 0.15) is 35.1 Å². The van der Waals surface area contributed by atoms with Crippen molar-refractivity contribution >= 4 is 5.91 Å². The SMILES string of the molecule is O=C1C[C@@H](c2ccccc2)CN1Cc1nc(Cc2ccccc2)n[nH]1. The van der Waals surface area contributed by atoms with Gasteiger partial charge in [0, 0.05) is 25.3 Å². The van der Waals surface area contributed by atoms with E-state index >= 15 is 0 Å². The van der Waals surface area contributed by atoms with E-state index in [4.69, 9.17) is 0 Å². The van der Waals surface area contributed by atoms with E-state index in [1.165, 1.54) is 11.1 Å². The standard InChI is InChI=1S/C20H20N4O/c25-20-12-17(16-9-5-2-6-10-16)13-24(20)14-19-21-18(22-23-19)11-15-7-3-1-4-8-15/h1-10,17H,11-14H2,(H,21,22,23)/t17-/m1/s1. The summed E-state index contributed by atoms with van der Waals surface area (Å²) in [7, 11) is 0. The van der Waals surface area contributed by atoms with E-state index in [0.29, 0.717) is 19.4 Å². The molecule has 1 atom stereocenters. The first-order valence-electron chi connectivity index (χ1n) is 8.55. The van der Waals surface area contributed by atoms with Crippen LogP contribution in [-0.4, -0.2) is 32.5 Å². The molecule has 5 nitrogen and oxygen atoms in total. The molecule has 0 bridgehead atoms.